The van der Waals surface area contributed by atoms with Crippen LogP contribution in [-0.4, -0.2) is 19.9 Å². The van der Waals surface area contributed by atoms with Crippen molar-refractivity contribution in [2.75, 3.05) is 5.73 Å². The van der Waals surface area contributed by atoms with Crippen LogP contribution in [0.5, 0.6) is 0 Å². The van der Waals surface area contributed by atoms with Crippen molar-refractivity contribution in [1.82, 2.24) is 19.9 Å². The number of alkyl halides is 6. The number of anilines is 1. The number of fused-ring (bicyclic) bond motifs is 1. The molecule has 0 aliphatic heterocycles. The molecule has 13 heteroatoms. The number of hydrogen-bond acceptors (Lipinski definition) is 5. The quantitative estimate of drug-likeness (QED) is 0.243. The molecule has 0 amide bonds. The molecule has 28 heavy (non-hydrogen) atoms. The standard InChI is InChI=1S/C15H10ClF6N5S/c1-5(28-13-26-9(15(20,21)22)3-10(23)27-13)8-2-6-7(14(17,18)19)4-24-11(6)12(16)25-8/h2-5,24H,1H3,(H2,23,26,27). The number of aromatic amines is 1. The number of nitrogens with two attached hydrogens (primary N) is 1. The van der Waals surface area contributed by atoms with Gasteiger partial charge in [0.15, 0.2) is 16.0 Å². The summed E-state index contributed by atoms with van der Waals surface area (Å²) >= 11 is 6.72. The first-order valence-corrected chi connectivity index (χ1v) is 8.75. The number of nitrogens with zero attached hydrogens (tertiary/aromatic N) is 3. The minimum atomic E-state index is -4.72. The second kappa shape index (κ2) is 6.99. The Morgan fingerprint density at radius 3 is 2.36 bits per heavy atom. The van der Waals surface area contributed by atoms with Crippen molar-refractivity contribution in [2.45, 2.75) is 29.7 Å². The van der Waals surface area contributed by atoms with E-state index in [2.05, 4.69) is 19.9 Å². The summed E-state index contributed by atoms with van der Waals surface area (Å²) in [5.74, 6) is -0.386. The third kappa shape index (κ3) is 4.12. The lowest BCUT2D eigenvalue weighted by Crippen LogP contribution is -2.11. The molecule has 0 saturated heterocycles. The Hall–Kier alpha value is -2.21. The van der Waals surface area contributed by atoms with Crippen LogP contribution in [0.4, 0.5) is 32.2 Å². The normalized spacial score (nSPS) is 13.9. The minimum absolute atomic E-state index is 0.00880. The summed E-state index contributed by atoms with van der Waals surface area (Å²) in [6, 6.07) is 1.76. The summed E-state index contributed by atoms with van der Waals surface area (Å²) in [5, 5.41) is -1.39. The van der Waals surface area contributed by atoms with Crippen molar-refractivity contribution in [3.63, 3.8) is 0 Å². The van der Waals surface area contributed by atoms with Gasteiger partial charge in [-0.05, 0) is 13.0 Å². The molecule has 0 saturated carbocycles. The Kier molecular flexibility index (Phi) is 5.13. The van der Waals surface area contributed by atoms with Gasteiger partial charge < -0.3 is 10.7 Å². The zero-order chi connectivity index (χ0) is 20.9. The maximum Gasteiger partial charge on any atom is 0.433 e. The van der Waals surface area contributed by atoms with E-state index >= 15 is 0 Å². The molecular formula is C15H10ClF6N5S. The molecule has 5 nitrogen and oxygen atoms in total. The van der Waals surface area contributed by atoms with Gasteiger partial charge in [0.05, 0.1) is 22.0 Å². The van der Waals surface area contributed by atoms with E-state index in [1.54, 1.807) is 0 Å². The van der Waals surface area contributed by atoms with Crippen LogP contribution in [0.15, 0.2) is 23.5 Å². The maximum absolute atomic E-state index is 13.1. The van der Waals surface area contributed by atoms with E-state index in [1.165, 1.54) is 13.0 Å². The smallest absolute Gasteiger partial charge is 0.384 e. The Morgan fingerprint density at radius 2 is 1.75 bits per heavy atom. The first-order chi connectivity index (χ1) is 12.9. The average molecular weight is 442 g/mol. The molecule has 0 aromatic carbocycles. The van der Waals surface area contributed by atoms with Gasteiger partial charge in [0.2, 0.25) is 0 Å². The van der Waals surface area contributed by atoms with Crippen molar-refractivity contribution in [1.29, 1.82) is 0 Å². The number of hydrogen-bond donors (Lipinski definition) is 2. The van der Waals surface area contributed by atoms with E-state index in [-0.39, 0.29) is 32.7 Å². The maximum atomic E-state index is 13.1. The molecule has 3 aromatic rings. The second-order valence-corrected chi connectivity index (χ2v) is 7.35. The summed E-state index contributed by atoms with van der Waals surface area (Å²) in [6.45, 7) is 1.52. The van der Waals surface area contributed by atoms with Crippen LogP contribution in [0, 0.1) is 0 Å². The van der Waals surface area contributed by atoms with E-state index < -0.39 is 28.9 Å². The van der Waals surface area contributed by atoms with Gasteiger partial charge in [-0.15, -0.1) is 0 Å². The minimum Gasteiger partial charge on any atom is -0.384 e. The number of rotatable bonds is 3. The molecule has 0 aliphatic carbocycles. The van der Waals surface area contributed by atoms with E-state index in [0.29, 0.717) is 6.07 Å². The molecule has 1 unspecified atom stereocenters. The lowest BCUT2D eigenvalue weighted by atomic mass is 10.1. The highest BCUT2D eigenvalue weighted by Crippen LogP contribution is 2.40. The molecule has 150 valence electrons. The van der Waals surface area contributed by atoms with E-state index in [9.17, 15) is 26.3 Å². The predicted octanol–water partition coefficient (Wildman–Crippen LogP) is 5.48. The van der Waals surface area contributed by atoms with Crippen LogP contribution in [-0.2, 0) is 12.4 Å². The van der Waals surface area contributed by atoms with Crippen molar-refractivity contribution in [2.24, 2.45) is 0 Å². The number of thioether (sulfide) groups is 1. The number of halogens is 7. The Labute approximate surface area is 162 Å². The third-order valence-electron chi connectivity index (χ3n) is 3.67. The summed E-state index contributed by atoms with van der Waals surface area (Å²) in [6.07, 6.45) is -8.56. The van der Waals surface area contributed by atoms with Gasteiger partial charge in [0.25, 0.3) is 0 Å². The number of nitrogens with one attached hydrogen (secondary N) is 1. The van der Waals surface area contributed by atoms with Crippen LogP contribution in [0.3, 0.4) is 0 Å². The molecule has 0 radical (unpaired) electrons. The first-order valence-electron chi connectivity index (χ1n) is 7.49. The van der Waals surface area contributed by atoms with Crippen molar-refractivity contribution in [3.05, 3.63) is 40.4 Å². The predicted molar refractivity (Wildman–Crippen MR) is 91.8 cm³/mol. The monoisotopic (exact) mass is 441 g/mol. The number of aromatic nitrogens is 4. The van der Waals surface area contributed by atoms with E-state index in [4.69, 9.17) is 17.3 Å². The fraction of sp³-hybridized carbons (Fsp3) is 0.267. The van der Waals surface area contributed by atoms with Gasteiger partial charge in [-0.1, -0.05) is 23.4 Å². The zero-order valence-electron chi connectivity index (χ0n) is 13.8. The summed E-state index contributed by atoms with van der Waals surface area (Å²) in [7, 11) is 0. The number of H-pyrrole nitrogens is 1. The molecule has 1 atom stereocenters. The molecule has 0 bridgehead atoms. The van der Waals surface area contributed by atoms with Gasteiger partial charge in [-0.2, -0.15) is 26.3 Å². The largest absolute Gasteiger partial charge is 0.433 e. The van der Waals surface area contributed by atoms with Gasteiger partial charge >= 0.3 is 12.4 Å². The number of pyridine rings is 1. The average Bonchev–Trinajstić information content (AvgIpc) is 2.98. The van der Waals surface area contributed by atoms with Crippen LogP contribution in [0.25, 0.3) is 10.9 Å². The fourth-order valence-electron chi connectivity index (χ4n) is 2.41. The van der Waals surface area contributed by atoms with Gasteiger partial charge in [-0.3, -0.25) is 0 Å². The molecular weight excluding hydrogens is 432 g/mol. The summed E-state index contributed by atoms with van der Waals surface area (Å²) < 4.78 is 78.0. The van der Waals surface area contributed by atoms with Crippen molar-refractivity contribution >= 4 is 40.1 Å². The van der Waals surface area contributed by atoms with Crippen molar-refractivity contribution < 1.29 is 26.3 Å². The Morgan fingerprint density at radius 1 is 1.07 bits per heavy atom. The molecule has 3 N–H and O–H groups in total. The van der Waals surface area contributed by atoms with Gasteiger partial charge in [0, 0.05) is 17.6 Å². The Bertz CT molecular complexity index is 1030. The molecule has 0 aliphatic rings. The highest BCUT2D eigenvalue weighted by atomic mass is 35.5. The van der Waals surface area contributed by atoms with Gasteiger partial charge in [0.1, 0.15) is 5.82 Å². The summed E-state index contributed by atoms with van der Waals surface area (Å²) in [4.78, 5) is 13.6. The Balaban J connectivity index is 1.98. The SMILES string of the molecule is CC(Sc1nc(N)cc(C(F)(F)F)n1)c1cc2c(C(F)(F)F)c[nH]c2c(Cl)n1. The highest BCUT2D eigenvalue weighted by molar-refractivity contribution is 7.99. The van der Waals surface area contributed by atoms with E-state index in [1.807, 2.05) is 0 Å². The van der Waals surface area contributed by atoms with Crippen LogP contribution >= 0.6 is 23.4 Å². The molecule has 0 spiro atoms. The second-order valence-electron chi connectivity index (χ2n) is 5.68. The first kappa shape index (κ1) is 20.5. The zero-order valence-corrected chi connectivity index (χ0v) is 15.4. The third-order valence-corrected chi connectivity index (χ3v) is 4.93. The lowest BCUT2D eigenvalue weighted by molar-refractivity contribution is -0.141. The molecule has 0 fully saturated rings. The lowest BCUT2D eigenvalue weighted by Gasteiger charge is -2.13. The summed E-state index contributed by atoms with van der Waals surface area (Å²) in [5.41, 5.74) is 3.37. The highest BCUT2D eigenvalue weighted by Gasteiger charge is 2.35. The van der Waals surface area contributed by atoms with Crippen LogP contribution < -0.4 is 5.73 Å². The van der Waals surface area contributed by atoms with Crippen molar-refractivity contribution in [3.8, 4) is 0 Å². The number of nitrogen functional groups attached to an aromatic ring is 1. The molecule has 3 rings (SSSR count). The topological polar surface area (TPSA) is 80.5 Å². The fourth-order valence-corrected chi connectivity index (χ4v) is 3.53. The van der Waals surface area contributed by atoms with Crippen LogP contribution in [0.1, 0.15) is 29.1 Å². The molecule has 3 aromatic heterocycles. The van der Waals surface area contributed by atoms with E-state index in [0.717, 1.165) is 18.0 Å². The van der Waals surface area contributed by atoms with Gasteiger partial charge in [-0.25, -0.2) is 15.0 Å². The van der Waals surface area contributed by atoms with Crippen LogP contribution in [0.2, 0.25) is 5.15 Å². The molecule has 3 heterocycles.